The molecule has 2 aliphatic heterocycles. The lowest BCUT2D eigenvalue weighted by Gasteiger charge is -2.43. The number of hydrogen-bond donors (Lipinski definition) is 1. The van der Waals surface area contributed by atoms with Crippen molar-refractivity contribution < 1.29 is 4.79 Å². The van der Waals surface area contributed by atoms with Gasteiger partial charge in [0, 0.05) is 25.7 Å². The number of piperidine rings is 1. The molecule has 2 fully saturated rings. The number of hydrogen-bond acceptors (Lipinski definition) is 2. The quantitative estimate of drug-likeness (QED) is 0.790. The molecule has 1 N–H and O–H groups in total. The predicted octanol–water partition coefficient (Wildman–Crippen LogP) is 1.63. The van der Waals surface area contributed by atoms with Crippen LogP contribution in [-0.2, 0) is 4.79 Å². The number of nitrogens with zero attached hydrogens (tertiary/aromatic N) is 1. The van der Waals surface area contributed by atoms with E-state index in [2.05, 4.69) is 24.1 Å². The van der Waals surface area contributed by atoms with Crippen molar-refractivity contribution in [1.82, 2.24) is 10.2 Å². The van der Waals surface area contributed by atoms with Crippen LogP contribution in [0.5, 0.6) is 0 Å². The van der Waals surface area contributed by atoms with Crippen LogP contribution in [0.15, 0.2) is 0 Å². The van der Waals surface area contributed by atoms with E-state index in [0.29, 0.717) is 17.9 Å². The second-order valence-electron chi connectivity index (χ2n) is 5.36. The molecule has 16 heavy (non-hydrogen) atoms. The van der Waals surface area contributed by atoms with Gasteiger partial charge in [-0.15, -0.1) is 0 Å². The third-order valence-corrected chi connectivity index (χ3v) is 4.11. The van der Waals surface area contributed by atoms with Crippen molar-refractivity contribution in [2.24, 2.45) is 11.8 Å². The van der Waals surface area contributed by atoms with Crippen LogP contribution in [0, 0.1) is 11.8 Å². The van der Waals surface area contributed by atoms with E-state index in [0.717, 1.165) is 19.6 Å². The molecule has 3 nitrogen and oxygen atoms in total. The summed E-state index contributed by atoms with van der Waals surface area (Å²) >= 11 is 0. The number of rotatable bonds is 3. The van der Waals surface area contributed by atoms with Crippen LogP contribution in [0.2, 0.25) is 0 Å². The molecule has 92 valence electrons. The molecule has 0 aliphatic carbocycles. The molecule has 0 aromatic heterocycles. The number of nitrogens with one attached hydrogen (secondary N) is 1. The van der Waals surface area contributed by atoms with Gasteiger partial charge in [-0.2, -0.15) is 0 Å². The van der Waals surface area contributed by atoms with Crippen LogP contribution >= 0.6 is 0 Å². The maximum atomic E-state index is 12.3. The Kier molecular flexibility index (Phi) is 3.85. The van der Waals surface area contributed by atoms with E-state index in [1.807, 2.05) is 0 Å². The van der Waals surface area contributed by atoms with E-state index >= 15 is 0 Å². The van der Waals surface area contributed by atoms with Gasteiger partial charge in [0.25, 0.3) is 0 Å². The molecule has 0 bridgehead atoms. The zero-order valence-electron chi connectivity index (χ0n) is 10.5. The fourth-order valence-corrected chi connectivity index (χ4v) is 2.96. The average molecular weight is 224 g/mol. The van der Waals surface area contributed by atoms with Crippen LogP contribution in [0.25, 0.3) is 0 Å². The molecule has 2 saturated heterocycles. The molecule has 2 atom stereocenters. The second-order valence-corrected chi connectivity index (χ2v) is 5.36. The summed E-state index contributed by atoms with van der Waals surface area (Å²) < 4.78 is 0. The Bertz CT molecular complexity index is 250. The van der Waals surface area contributed by atoms with E-state index in [4.69, 9.17) is 0 Å². The fourth-order valence-electron chi connectivity index (χ4n) is 2.96. The fraction of sp³-hybridized carbons (Fsp3) is 0.923. The molecule has 0 aromatic carbocycles. The first kappa shape index (κ1) is 11.9. The average Bonchev–Trinajstić information content (AvgIpc) is 2.18. The van der Waals surface area contributed by atoms with Crippen LogP contribution in [0.3, 0.4) is 0 Å². The molecule has 2 rings (SSSR count). The summed E-state index contributed by atoms with van der Waals surface area (Å²) in [5.74, 6) is 1.36. The summed E-state index contributed by atoms with van der Waals surface area (Å²) in [6, 6.07) is 0.506. The molecule has 0 saturated carbocycles. The first-order valence-electron chi connectivity index (χ1n) is 6.75. The van der Waals surface area contributed by atoms with Crippen molar-refractivity contribution in [1.29, 1.82) is 0 Å². The highest BCUT2D eigenvalue weighted by molar-refractivity contribution is 5.80. The maximum Gasteiger partial charge on any atom is 0.228 e. The lowest BCUT2D eigenvalue weighted by Crippen LogP contribution is -2.56. The van der Waals surface area contributed by atoms with Crippen LogP contribution < -0.4 is 5.32 Å². The van der Waals surface area contributed by atoms with Crippen molar-refractivity contribution in [2.45, 2.75) is 45.6 Å². The minimum atomic E-state index is 0.268. The lowest BCUT2D eigenvalue weighted by molar-refractivity contribution is -0.142. The van der Waals surface area contributed by atoms with Gasteiger partial charge in [-0.1, -0.05) is 20.3 Å². The van der Waals surface area contributed by atoms with Gasteiger partial charge in [0.15, 0.2) is 0 Å². The van der Waals surface area contributed by atoms with Crippen LogP contribution in [0.1, 0.15) is 39.5 Å². The van der Waals surface area contributed by atoms with Crippen molar-refractivity contribution in [3.8, 4) is 0 Å². The standard InChI is InChI=1S/C13H24N2O/c1-3-5-12-10(2)6-4-7-15(12)13(16)11-8-14-9-11/h10-12,14H,3-9H2,1-2H3. The van der Waals surface area contributed by atoms with Crippen LogP contribution in [0.4, 0.5) is 0 Å². The Morgan fingerprint density at radius 3 is 2.75 bits per heavy atom. The normalized spacial score (nSPS) is 31.2. The van der Waals surface area contributed by atoms with E-state index in [1.165, 1.54) is 25.7 Å². The summed E-state index contributed by atoms with van der Waals surface area (Å²) in [5.41, 5.74) is 0. The monoisotopic (exact) mass is 224 g/mol. The maximum absolute atomic E-state index is 12.3. The van der Waals surface area contributed by atoms with Gasteiger partial charge in [-0.05, 0) is 25.2 Å². The summed E-state index contributed by atoms with van der Waals surface area (Å²) in [7, 11) is 0. The zero-order valence-corrected chi connectivity index (χ0v) is 10.5. The predicted molar refractivity (Wildman–Crippen MR) is 65.2 cm³/mol. The molecule has 0 spiro atoms. The molecule has 0 aromatic rings. The Hall–Kier alpha value is -0.570. The number of carbonyl (C=O) groups is 1. The summed E-state index contributed by atoms with van der Waals surface area (Å²) in [4.78, 5) is 14.5. The third-order valence-electron chi connectivity index (χ3n) is 4.11. The summed E-state index contributed by atoms with van der Waals surface area (Å²) in [5, 5.41) is 3.19. The largest absolute Gasteiger partial charge is 0.339 e. The third kappa shape index (κ3) is 2.24. The molecule has 2 heterocycles. The Balaban J connectivity index is 2.00. The second kappa shape index (κ2) is 5.17. The van der Waals surface area contributed by atoms with Gasteiger partial charge in [-0.3, -0.25) is 4.79 Å². The molecule has 3 heteroatoms. The van der Waals surface area contributed by atoms with Gasteiger partial charge in [0.1, 0.15) is 0 Å². The molecule has 2 unspecified atom stereocenters. The molecular weight excluding hydrogens is 200 g/mol. The SMILES string of the molecule is CCCC1C(C)CCCN1C(=O)C1CNC1. The van der Waals surface area contributed by atoms with E-state index in [-0.39, 0.29) is 5.92 Å². The smallest absolute Gasteiger partial charge is 0.228 e. The minimum Gasteiger partial charge on any atom is -0.339 e. The Labute approximate surface area is 98.6 Å². The van der Waals surface area contributed by atoms with Crippen molar-refractivity contribution in [3.05, 3.63) is 0 Å². The van der Waals surface area contributed by atoms with Crippen molar-refractivity contribution in [3.63, 3.8) is 0 Å². The van der Waals surface area contributed by atoms with E-state index < -0.39 is 0 Å². The van der Waals surface area contributed by atoms with Gasteiger partial charge in [-0.25, -0.2) is 0 Å². The van der Waals surface area contributed by atoms with Gasteiger partial charge in [0.05, 0.1) is 5.92 Å². The van der Waals surface area contributed by atoms with Crippen molar-refractivity contribution >= 4 is 5.91 Å². The zero-order chi connectivity index (χ0) is 11.5. The van der Waals surface area contributed by atoms with E-state index in [1.54, 1.807) is 0 Å². The summed E-state index contributed by atoms with van der Waals surface area (Å²) in [6.45, 7) is 7.29. The number of carbonyl (C=O) groups excluding carboxylic acids is 1. The molecular formula is C13H24N2O. The highest BCUT2D eigenvalue weighted by Crippen LogP contribution is 2.28. The summed E-state index contributed by atoms with van der Waals surface area (Å²) in [6.07, 6.45) is 4.83. The van der Waals surface area contributed by atoms with E-state index in [9.17, 15) is 4.79 Å². The lowest BCUT2D eigenvalue weighted by atomic mass is 9.86. The topological polar surface area (TPSA) is 32.3 Å². The van der Waals surface area contributed by atoms with Gasteiger partial charge in [0.2, 0.25) is 5.91 Å². The molecule has 1 amide bonds. The van der Waals surface area contributed by atoms with Crippen LogP contribution in [-0.4, -0.2) is 36.5 Å². The van der Waals surface area contributed by atoms with Gasteiger partial charge >= 0.3 is 0 Å². The number of likely N-dealkylation sites (tertiary alicyclic amines) is 1. The Morgan fingerprint density at radius 1 is 1.44 bits per heavy atom. The molecule has 2 aliphatic rings. The molecule has 0 radical (unpaired) electrons. The van der Waals surface area contributed by atoms with Crippen molar-refractivity contribution in [2.75, 3.05) is 19.6 Å². The minimum absolute atomic E-state index is 0.268. The Morgan fingerprint density at radius 2 is 2.19 bits per heavy atom. The highest BCUT2D eigenvalue weighted by atomic mass is 16.2. The highest BCUT2D eigenvalue weighted by Gasteiger charge is 2.36. The first-order chi connectivity index (χ1) is 7.74. The van der Waals surface area contributed by atoms with Gasteiger partial charge < -0.3 is 10.2 Å². The first-order valence-corrected chi connectivity index (χ1v) is 6.75. The number of amides is 1.